The molecule has 1 aliphatic heterocycles. The minimum atomic E-state index is -3.41. The lowest BCUT2D eigenvalue weighted by Crippen LogP contribution is -2.62. The Hall–Kier alpha value is -2.50. The van der Waals surface area contributed by atoms with Crippen molar-refractivity contribution in [2.45, 2.75) is 71.6 Å². The predicted molar refractivity (Wildman–Crippen MR) is 153 cm³/mol. The van der Waals surface area contributed by atoms with E-state index in [0.29, 0.717) is 28.9 Å². The first-order valence-electron chi connectivity index (χ1n) is 14.0. The number of anilines is 1. The third kappa shape index (κ3) is 5.65. The lowest BCUT2D eigenvalue weighted by Gasteiger charge is -2.62. The second-order valence-corrected chi connectivity index (χ2v) is 14.3. The van der Waals surface area contributed by atoms with Gasteiger partial charge in [-0.2, -0.15) is 5.06 Å². The van der Waals surface area contributed by atoms with Gasteiger partial charge >= 0.3 is 0 Å². The van der Waals surface area contributed by atoms with Gasteiger partial charge < -0.3 is 15.5 Å². The minimum absolute atomic E-state index is 0.0506. The Morgan fingerprint density at radius 3 is 2.45 bits per heavy atom. The van der Waals surface area contributed by atoms with Gasteiger partial charge in [0.25, 0.3) is 0 Å². The molecule has 4 aliphatic rings. The standard InChI is InChI=1S/C30H41N3O6S/c1-17-24-14-22(30(24,3)4)15-25(17)31-28(35)27-26(18(2)34)29(36)39-33(27)16-19-8-6-9-20(12-19)21-10-7-11-23(13-21)32-40(5,37)38/h6-13,17-18,22,24-27,29,32,34,36H,14-16H2,1-5H3,(H,31,35)/t17?,18-,22+,24-,25-,26-,27-,29?/m0/s1. The number of benzene rings is 2. The monoisotopic (exact) mass is 571 g/mol. The number of sulfonamides is 1. The van der Waals surface area contributed by atoms with E-state index in [4.69, 9.17) is 4.84 Å². The highest BCUT2D eigenvalue weighted by Crippen LogP contribution is 2.61. The van der Waals surface area contributed by atoms with Crippen molar-refractivity contribution in [3.63, 3.8) is 0 Å². The van der Waals surface area contributed by atoms with Crippen LogP contribution in [0.4, 0.5) is 5.69 Å². The van der Waals surface area contributed by atoms with Gasteiger partial charge in [0.15, 0.2) is 6.29 Å². The molecule has 2 unspecified atom stereocenters. The van der Waals surface area contributed by atoms with Gasteiger partial charge in [0.1, 0.15) is 6.04 Å². The molecule has 2 bridgehead atoms. The van der Waals surface area contributed by atoms with E-state index in [9.17, 15) is 23.4 Å². The molecule has 4 N–H and O–H groups in total. The van der Waals surface area contributed by atoms with Crippen LogP contribution in [0.1, 0.15) is 46.1 Å². The highest BCUT2D eigenvalue weighted by molar-refractivity contribution is 7.92. The fourth-order valence-electron chi connectivity index (χ4n) is 7.18. The average Bonchev–Trinajstić information content (AvgIpc) is 3.19. The number of hydroxylamine groups is 2. The Morgan fingerprint density at radius 2 is 1.82 bits per heavy atom. The van der Waals surface area contributed by atoms with Crippen LogP contribution in [0.3, 0.4) is 0 Å². The lowest BCUT2D eigenvalue weighted by atomic mass is 9.45. The van der Waals surface area contributed by atoms with Crippen LogP contribution in [0.25, 0.3) is 11.1 Å². The first kappa shape index (κ1) is 29.0. The summed E-state index contributed by atoms with van der Waals surface area (Å²) in [5, 5.41) is 25.9. The molecule has 1 saturated heterocycles. The molecule has 6 rings (SSSR count). The first-order chi connectivity index (χ1) is 18.7. The van der Waals surface area contributed by atoms with Crippen LogP contribution in [0.5, 0.6) is 0 Å². The largest absolute Gasteiger partial charge is 0.393 e. The number of rotatable bonds is 8. The fraction of sp³-hybridized carbons (Fsp3) is 0.567. The first-order valence-corrected chi connectivity index (χ1v) is 15.9. The lowest BCUT2D eigenvalue weighted by molar-refractivity contribution is -0.231. The molecule has 40 heavy (non-hydrogen) atoms. The molecule has 1 heterocycles. The molecule has 8 atom stereocenters. The SMILES string of the molecule is CC1[C@@H](NC(=O)[C@@H]2[C@H]([C@H](C)O)C(O)ON2Cc2cccc(-c3cccc(NS(C)(=O)=O)c3)c2)C[C@H]2C[C@@H]1C2(C)C. The Kier molecular flexibility index (Phi) is 7.78. The summed E-state index contributed by atoms with van der Waals surface area (Å²) < 4.78 is 25.8. The topological polar surface area (TPSA) is 128 Å². The van der Waals surface area contributed by atoms with E-state index >= 15 is 0 Å². The van der Waals surface area contributed by atoms with Gasteiger partial charge in [-0.15, -0.1) is 0 Å². The molecule has 2 aromatic rings. The molecule has 218 valence electrons. The summed E-state index contributed by atoms with van der Waals surface area (Å²) in [5.41, 5.74) is 3.28. The number of fused-ring (bicyclic) bond motifs is 2. The van der Waals surface area contributed by atoms with Gasteiger partial charge in [-0.1, -0.05) is 51.1 Å². The molecular formula is C30H41N3O6S. The number of aliphatic hydroxyl groups excluding tert-OH is 2. The molecule has 1 amide bonds. The van der Waals surface area contributed by atoms with Crippen LogP contribution in [-0.4, -0.2) is 60.3 Å². The number of amides is 1. The van der Waals surface area contributed by atoms with E-state index in [1.165, 1.54) is 11.5 Å². The molecule has 0 radical (unpaired) electrons. The second-order valence-electron chi connectivity index (χ2n) is 12.6. The number of nitrogens with zero attached hydrogens (tertiary/aromatic N) is 1. The number of aliphatic hydroxyl groups is 2. The fourth-order valence-corrected chi connectivity index (χ4v) is 7.73. The Balaban J connectivity index is 1.34. The van der Waals surface area contributed by atoms with Gasteiger partial charge in [0, 0.05) is 11.7 Å². The number of nitrogens with one attached hydrogen (secondary N) is 2. The average molecular weight is 572 g/mol. The van der Waals surface area contributed by atoms with Crippen LogP contribution < -0.4 is 10.0 Å². The van der Waals surface area contributed by atoms with Gasteiger partial charge in [0.2, 0.25) is 15.9 Å². The Morgan fingerprint density at radius 1 is 1.15 bits per heavy atom. The molecule has 3 aliphatic carbocycles. The van der Waals surface area contributed by atoms with E-state index in [1.54, 1.807) is 25.1 Å². The van der Waals surface area contributed by atoms with E-state index in [2.05, 4.69) is 30.8 Å². The van der Waals surface area contributed by atoms with Crippen molar-refractivity contribution >= 4 is 21.6 Å². The summed E-state index contributed by atoms with van der Waals surface area (Å²) in [6, 6.07) is 13.9. The van der Waals surface area contributed by atoms with Crippen LogP contribution in [0.15, 0.2) is 48.5 Å². The van der Waals surface area contributed by atoms with Gasteiger partial charge in [-0.05, 0) is 77.8 Å². The zero-order chi connectivity index (χ0) is 29.0. The van der Waals surface area contributed by atoms with Gasteiger partial charge in [-0.3, -0.25) is 14.4 Å². The maximum Gasteiger partial charge on any atom is 0.240 e. The number of carbonyl (C=O) groups is 1. The maximum absolute atomic E-state index is 13.7. The smallest absolute Gasteiger partial charge is 0.240 e. The van der Waals surface area contributed by atoms with Crippen molar-refractivity contribution in [3.8, 4) is 11.1 Å². The molecular weight excluding hydrogens is 530 g/mol. The zero-order valence-electron chi connectivity index (χ0n) is 23.7. The molecule has 3 saturated carbocycles. The van der Waals surface area contributed by atoms with E-state index < -0.39 is 34.4 Å². The van der Waals surface area contributed by atoms with Crippen molar-refractivity contribution < 1.29 is 28.3 Å². The van der Waals surface area contributed by atoms with E-state index in [1.807, 2.05) is 30.3 Å². The molecule has 2 aromatic carbocycles. The van der Waals surface area contributed by atoms with Crippen LogP contribution >= 0.6 is 0 Å². The van der Waals surface area contributed by atoms with Crippen molar-refractivity contribution in [1.82, 2.24) is 10.4 Å². The number of hydrogen-bond acceptors (Lipinski definition) is 7. The Bertz CT molecular complexity index is 1360. The molecule has 0 spiro atoms. The van der Waals surface area contributed by atoms with Crippen molar-refractivity contribution in [1.29, 1.82) is 0 Å². The normalized spacial score (nSPS) is 32.2. The minimum Gasteiger partial charge on any atom is -0.393 e. The molecule has 10 heteroatoms. The van der Waals surface area contributed by atoms with Crippen molar-refractivity contribution in [3.05, 3.63) is 54.1 Å². The summed E-state index contributed by atoms with van der Waals surface area (Å²) in [6.45, 7) is 8.63. The van der Waals surface area contributed by atoms with E-state index in [-0.39, 0.29) is 18.5 Å². The second kappa shape index (κ2) is 10.7. The highest BCUT2D eigenvalue weighted by Gasteiger charge is 2.57. The summed E-state index contributed by atoms with van der Waals surface area (Å²) in [6.07, 6.45) is 0.979. The number of hydrogen-bond donors (Lipinski definition) is 4. The summed E-state index contributed by atoms with van der Waals surface area (Å²) in [7, 11) is -3.41. The molecule has 0 aromatic heterocycles. The Labute approximate surface area is 236 Å². The quantitative estimate of drug-likeness (QED) is 0.383. The maximum atomic E-state index is 13.7. The van der Waals surface area contributed by atoms with Gasteiger partial charge in [0.05, 0.1) is 24.8 Å². The van der Waals surface area contributed by atoms with Crippen LogP contribution in [0, 0.1) is 29.1 Å². The van der Waals surface area contributed by atoms with E-state index in [0.717, 1.165) is 29.4 Å². The predicted octanol–water partition coefficient (Wildman–Crippen LogP) is 3.34. The third-order valence-corrected chi connectivity index (χ3v) is 10.1. The van der Waals surface area contributed by atoms with Crippen molar-refractivity contribution in [2.24, 2.45) is 29.1 Å². The molecule has 9 nitrogen and oxygen atoms in total. The third-order valence-electron chi connectivity index (χ3n) is 9.52. The van der Waals surface area contributed by atoms with Crippen LogP contribution in [-0.2, 0) is 26.2 Å². The number of carbonyl (C=O) groups excluding carboxylic acids is 1. The summed E-state index contributed by atoms with van der Waals surface area (Å²) in [5.74, 6) is 0.460. The molecule has 4 fully saturated rings. The van der Waals surface area contributed by atoms with Crippen LogP contribution in [0.2, 0.25) is 0 Å². The highest BCUT2D eigenvalue weighted by atomic mass is 32.2. The van der Waals surface area contributed by atoms with Gasteiger partial charge in [-0.25, -0.2) is 8.42 Å². The summed E-state index contributed by atoms with van der Waals surface area (Å²) >= 11 is 0. The zero-order valence-corrected chi connectivity index (χ0v) is 24.6. The summed E-state index contributed by atoms with van der Waals surface area (Å²) in [4.78, 5) is 19.5. The van der Waals surface area contributed by atoms with Crippen molar-refractivity contribution in [2.75, 3.05) is 11.0 Å².